The first-order valence-corrected chi connectivity index (χ1v) is 8.93. The Morgan fingerprint density at radius 3 is 2.30 bits per heavy atom. The molecule has 0 radical (unpaired) electrons. The average molecular weight is 336 g/mol. The minimum Gasteiger partial charge on any atom is -0.338 e. The van der Waals surface area contributed by atoms with Crippen molar-refractivity contribution in [2.75, 3.05) is 13.1 Å². The third-order valence-electron chi connectivity index (χ3n) is 3.73. The summed E-state index contributed by atoms with van der Waals surface area (Å²) >= 11 is 6.01. The van der Waals surface area contributed by atoms with Crippen LogP contribution in [0, 0.1) is 11.8 Å². The summed E-state index contributed by atoms with van der Waals surface area (Å²) in [6, 6.07) is 4.25. The van der Waals surface area contributed by atoms with Crippen molar-refractivity contribution in [2.45, 2.75) is 18.7 Å². The number of hydrogen-bond acceptors (Lipinski definition) is 3. The van der Waals surface area contributed by atoms with E-state index < -0.39 is 9.05 Å². The van der Waals surface area contributed by atoms with Crippen LogP contribution in [0.15, 0.2) is 23.1 Å². The Balaban J connectivity index is 2.46. The van der Waals surface area contributed by atoms with Crippen LogP contribution < -0.4 is 0 Å². The molecule has 4 nitrogen and oxygen atoms in total. The van der Waals surface area contributed by atoms with Gasteiger partial charge in [-0.3, -0.25) is 4.79 Å². The molecule has 110 valence electrons. The molecule has 20 heavy (non-hydrogen) atoms. The molecule has 7 heteroatoms. The van der Waals surface area contributed by atoms with Gasteiger partial charge in [0.25, 0.3) is 15.0 Å². The standard InChI is InChI=1S/C13H15Cl2NO3S/c1-8-6-16(7-9(8)2)13(17)12-10(14)4-3-5-11(12)20(15,18)19/h3-5,8-9H,6-7H2,1-2H3. The van der Waals surface area contributed by atoms with Gasteiger partial charge in [-0.2, -0.15) is 0 Å². The van der Waals surface area contributed by atoms with E-state index in [9.17, 15) is 13.2 Å². The second-order valence-electron chi connectivity index (χ2n) is 5.22. The Labute approximate surface area is 128 Å². The SMILES string of the molecule is CC1CN(C(=O)c2c(Cl)cccc2S(=O)(=O)Cl)CC1C. The zero-order chi connectivity index (χ0) is 15.1. The van der Waals surface area contributed by atoms with Crippen molar-refractivity contribution in [3.63, 3.8) is 0 Å². The van der Waals surface area contributed by atoms with E-state index in [2.05, 4.69) is 13.8 Å². The maximum Gasteiger partial charge on any atom is 0.262 e. The van der Waals surface area contributed by atoms with E-state index >= 15 is 0 Å². The molecule has 2 rings (SSSR count). The smallest absolute Gasteiger partial charge is 0.262 e. The van der Waals surface area contributed by atoms with Gasteiger partial charge in [-0.15, -0.1) is 0 Å². The number of benzene rings is 1. The summed E-state index contributed by atoms with van der Waals surface area (Å²) in [5.41, 5.74) is -0.0366. The van der Waals surface area contributed by atoms with Crippen LogP contribution in [0.5, 0.6) is 0 Å². The van der Waals surface area contributed by atoms with Crippen molar-refractivity contribution in [1.29, 1.82) is 0 Å². The van der Waals surface area contributed by atoms with E-state index in [1.807, 2.05) is 0 Å². The molecule has 1 heterocycles. The topological polar surface area (TPSA) is 54.5 Å². The molecule has 1 aliphatic rings. The minimum atomic E-state index is -4.02. The number of amides is 1. The molecule has 1 aromatic rings. The molecular formula is C13H15Cl2NO3S. The number of halogens is 2. The molecule has 0 spiro atoms. The Kier molecular flexibility index (Phi) is 4.33. The Morgan fingerprint density at radius 1 is 1.25 bits per heavy atom. The molecule has 0 bridgehead atoms. The van der Waals surface area contributed by atoms with Crippen LogP contribution in [-0.4, -0.2) is 32.3 Å². The molecule has 0 aliphatic carbocycles. The molecule has 1 fully saturated rings. The molecular weight excluding hydrogens is 321 g/mol. The maximum atomic E-state index is 12.5. The Bertz CT molecular complexity index is 635. The fraction of sp³-hybridized carbons (Fsp3) is 0.462. The summed E-state index contributed by atoms with van der Waals surface area (Å²) in [6.45, 7) is 5.30. The van der Waals surface area contributed by atoms with Crippen molar-refractivity contribution in [2.24, 2.45) is 11.8 Å². The Morgan fingerprint density at radius 2 is 1.80 bits per heavy atom. The van der Waals surface area contributed by atoms with E-state index in [4.69, 9.17) is 22.3 Å². The van der Waals surface area contributed by atoms with Crippen molar-refractivity contribution in [3.05, 3.63) is 28.8 Å². The normalized spacial score (nSPS) is 23.1. The van der Waals surface area contributed by atoms with Crippen LogP contribution in [0.1, 0.15) is 24.2 Å². The van der Waals surface area contributed by atoms with Crippen molar-refractivity contribution < 1.29 is 13.2 Å². The van der Waals surface area contributed by atoms with Crippen molar-refractivity contribution >= 4 is 37.2 Å². The summed E-state index contributed by atoms with van der Waals surface area (Å²) in [6.07, 6.45) is 0. The zero-order valence-corrected chi connectivity index (χ0v) is 13.5. The van der Waals surface area contributed by atoms with Gasteiger partial charge < -0.3 is 4.90 Å². The van der Waals surface area contributed by atoms with Gasteiger partial charge >= 0.3 is 0 Å². The van der Waals surface area contributed by atoms with E-state index in [0.29, 0.717) is 24.9 Å². The number of likely N-dealkylation sites (tertiary alicyclic amines) is 1. The lowest BCUT2D eigenvalue weighted by molar-refractivity contribution is 0.0781. The Hall–Kier alpha value is -0.780. The lowest BCUT2D eigenvalue weighted by Gasteiger charge is -2.18. The third kappa shape index (κ3) is 2.95. The third-order valence-corrected chi connectivity index (χ3v) is 5.41. The van der Waals surface area contributed by atoms with Crippen LogP contribution in [0.4, 0.5) is 0 Å². The summed E-state index contributed by atoms with van der Waals surface area (Å²) in [5, 5.41) is 0.101. The minimum absolute atomic E-state index is 0.0366. The van der Waals surface area contributed by atoms with Crippen molar-refractivity contribution in [1.82, 2.24) is 4.90 Å². The number of carbonyl (C=O) groups is 1. The summed E-state index contributed by atoms with van der Waals surface area (Å²) in [4.78, 5) is 13.9. The van der Waals surface area contributed by atoms with Crippen LogP contribution in [-0.2, 0) is 9.05 Å². The summed E-state index contributed by atoms with van der Waals surface area (Å²) in [7, 11) is 1.37. The quantitative estimate of drug-likeness (QED) is 0.780. The lowest BCUT2D eigenvalue weighted by Crippen LogP contribution is -2.30. The number of rotatable bonds is 2. The number of carbonyl (C=O) groups excluding carboxylic acids is 1. The van der Waals surface area contributed by atoms with E-state index in [1.54, 1.807) is 4.90 Å². The van der Waals surface area contributed by atoms with Gasteiger partial charge in [-0.25, -0.2) is 8.42 Å². The molecule has 1 aliphatic heterocycles. The predicted molar refractivity (Wildman–Crippen MR) is 78.7 cm³/mol. The highest BCUT2D eigenvalue weighted by Crippen LogP contribution is 2.30. The molecule has 0 saturated carbocycles. The molecule has 0 aromatic heterocycles. The number of hydrogen-bond donors (Lipinski definition) is 0. The van der Waals surface area contributed by atoms with E-state index in [0.717, 1.165) is 0 Å². The van der Waals surface area contributed by atoms with E-state index in [-0.39, 0.29) is 21.4 Å². The monoisotopic (exact) mass is 335 g/mol. The van der Waals surface area contributed by atoms with Gasteiger partial charge in [0, 0.05) is 23.8 Å². The fourth-order valence-corrected chi connectivity index (χ4v) is 3.75. The molecule has 2 atom stereocenters. The predicted octanol–water partition coefficient (Wildman–Crippen LogP) is 3.00. The highest BCUT2D eigenvalue weighted by Gasteiger charge is 2.33. The van der Waals surface area contributed by atoms with Crippen LogP contribution in [0.25, 0.3) is 0 Å². The van der Waals surface area contributed by atoms with Gasteiger partial charge in [-0.1, -0.05) is 31.5 Å². The molecule has 1 saturated heterocycles. The summed E-state index contributed by atoms with van der Waals surface area (Å²) in [5.74, 6) is 0.362. The zero-order valence-electron chi connectivity index (χ0n) is 11.1. The fourth-order valence-electron chi connectivity index (χ4n) is 2.37. The van der Waals surface area contributed by atoms with Crippen LogP contribution in [0.2, 0.25) is 5.02 Å². The second kappa shape index (κ2) is 5.54. The number of nitrogens with zero attached hydrogens (tertiary/aromatic N) is 1. The van der Waals surface area contributed by atoms with Crippen molar-refractivity contribution in [3.8, 4) is 0 Å². The molecule has 1 amide bonds. The molecule has 1 aromatic carbocycles. The molecule has 2 unspecified atom stereocenters. The van der Waals surface area contributed by atoms with Crippen LogP contribution >= 0.6 is 22.3 Å². The first-order chi connectivity index (χ1) is 9.21. The maximum absolute atomic E-state index is 12.5. The van der Waals surface area contributed by atoms with E-state index in [1.165, 1.54) is 18.2 Å². The van der Waals surface area contributed by atoms with Gasteiger partial charge in [0.1, 0.15) is 0 Å². The highest BCUT2D eigenvalue weighted by atomic mass is 35.7. The average Bonchev–Trinajstić information content (AvgIpc) is 2.67. The van der Waals surface area contributed by atoms with Gasteiger partial charge in [0.15, 0.2) is 0 Å². The first kappa shape index (κ1) is 15.6. The second-order valence-corrected chi connectivity index (χ2v) is 8.16. The lowest BCUT2D eigenvalue weighted by atomic mass is 10.0. The summed E-state index contributed by atoms with van der Waals surface area (Å²) < 4.78 is 23.2. The van der Waals surface area contributed by atoms with Gasteiger partial charge in [0.05, 0.1) is 15.5 Å². The highest BCUT2D eigenvalue weighted by molar-refractivity contribution is 8.13. The largest absolute Gasteiger partial charge is 0.338 e. The molecule has 0 N–H and O–H groups in total. The van der Waals surface area contributed by atoms with Gasteiger partial charge in [0.2, 0.25) is 0 Å². The first-order valence-electron chi connectivity index (χ1n) is 6.24. The van der Waals surface area contributed by atoms with Gasteiger partial charge in [-0.05, 0) is 24.0 Å². The van der Waals surface area contributed by atoms with Crippen LogP contribution in [0.3, 0.4) is 0 Å².